The zero-order valence-electron chi connectivity index (χ0n) is 15.4. The highest BCUT2D eigenvalue weighted by molar-refractivity contribution is 5.55. The predicted octanol–water partition coefficient (Wildman–Crippen LogP) is 4.13. The van der Waals surface area contributed by atoms with Crippen molar-refractivity contribution in [1.29, 1.82) is 0 Å². The van der Waals surface area contributed by atoms with Crippen LogP contribution in [0.1, 0.15) is 52.0 Å². The molecule has 128 valence electrons. The molecule has 3 nitrogen and oxygen atoms in total. The van der Waals surface area contributed by atoms with Gasteiger partial charge in [0.1, 0.15) is 5.75 Å². The molecule has 1 aromatic carbocycles. The average molecular weight is 316 g/mol. The third-order valence-corrected chi connectivity index (χ3v) is 5.51. The van der Waals surface area contributed by atoms with E-state index in [-0.39, 0.29) is 0 Å². The maximum Gasteiger partial charge on any atom is 0.124 e. The molecule has 2 unspecified atom stereocenters. The lowest BCUT2D eigenvalue weighted by Crippen LogP contribution is -2.68. The van der Waals surface area contributed by atoms with Gasteiger partial charge in [-0.1, -0.05) is 33.8 Å². The van der Waals surface area contributed by atoms with E-state index in [9.17, 15) is 0 Å². The number of hydrogen-bond acceptors (Lipinski definition) is 3. The Bertz CT molecular complexity index is 528. The fourth-order valence-corrected chi connectivity index (χ4v) is 4.04. The fraction of sp³-hybridized carbons (Fsp3) is 0.700. The molecule has 2 bridgehead atoms. The smallest absolute Gasteiger partial charge is 0.124 e. The summed E-state index contributed by atoms with van der Waals surface area (Å²) in [6.45, 7) is 12.7. The number of nitrogens with zero attached hydrogens (tertiary/aromatic N) is 2. The molecule has 0 N–H and O–H groups in total. The molecule has 3 aliphatic heterocycles. The van der Waals surface area contributed by atoms with Crippen molar-refractivity contribution in [3.63, 3.8) is 0 Å². The van der Waals surface area contributed by atoms with E-state index < -0.39 is 0 Å². The van der Waals surface area contributed by atoms with Crippen molar-refractivity contribution in [3.05, 3.63) is 23.8 Å². The number of ether oxygens (including phenoxy) is 1. The average Bonchev–Trinajstić information content (AvgIpc) is 2.53. The van der Waals surface area contributed by atoms with Crippen LogP contribution in [0.15, 0.2) is 18.2 Å². The van der Waals surface area contributed by atoms with E-state index in [0.29, 0.717) is 5.92 Å². The third-order valence-electron chi connectivity index (χ3n) is 5.51. The lowest BCUT2D eigenvalue weighted by molar-refractivity contribution is -0.00388. The Labute approximate surface area is 141 Å². The van der Waals surface area contributed by atoms with Crippen LogP contribution in [0, 0.1) is 5.92 Å². The minimum atomic E-state index is 0.500. The Kier molecular flexibility index (Phi) is 4.86. The molecule has 0 radical (unpaired) electrons. The first kappa shape index (κ1) is 16.6. The minimum Gasteiger partial charge on any atom is -0.496 e. The van der Waals surface area contributed by atoms with Gasteiger partial charge in [0.05, 0.1) is 7.11 Å². The summed E-state index contributed by atoms with van der Waals surface area (Å²) in [5, 5.41) is 0. The van der Waals surface area contributed by atoms with Crippen LogP contribution in [-0.4, -0.2) is 43.7 Å². The summed E-state index contributed by atoms with van der Waals surface area (Å²) in [5.74, 6) is 2.34. The Morgan fingerprint density at radius 2 is 1.83 bits per heavy atom. The molecular formula is C20H32N2O. The zero-order chi connectivity index (χ0) is 16.6. The minimum absolute atomic E-state index is 0.500. The molecule has 3 heterocycles. The van der Waals surface area contributed by atoms with Crippen molar-refractivity contribution in [2.24, 2.45) is 5.92 Å². The van der Waals surface area contributed by atoms with Crippen LogP contribution in [0.5, 0.6) is 5.75 Å². The van der Waals surface area contributed by atoms with Crippen molar-refractivity contribution < 1.29 is 4.74 Å². The highest BCUT2D eigenvalue weighted by Gasteiger charge is 2.44. The largest absolute Gasteiger partial charge is 0.496 e. The molecule has 0 saturated carbocycles. The van der Waals surface area contributed by atoms with E-state index in [1.165, 1.54) is 43.7 Å². The molecule has 0 aromatic heterocycles. The van der Waals surface area contributed by atoms with Crippen LogP contribution in [-0.2, 0) is 0 Å². The first-order chi connectivity index (χ1) is 11.0. The Morgan fingerprint density at radius 1 is 1.13 bits per heavy atom. The molecular weight excluding hydrogens is 284 g/mol. The number of anilines is 1. The monoisotopic (exact) mass is 316 g/mol. The maximum absolute atomic E-state index is 5.63. The van der Waals surface area contributed by atoms with Crippen molar-refractivity contribution >= 4 is 5.69 Å². The lowest BCUT2D eigenvalue weighted by Gasteiger charge is -2.57. The van der Waals surface area contributed by atoms with Gasteiger partial charge in [0.2, 0.25) is 0 Å². The number of piperazine rings is 1. The summed E-state index contributed by atoms with van der Waals surface area (Å²) >= 11 is 0. The molecule has 0 amide bonds. The van der Waals surface area contributed by atoms with E-state index in [1.807, 2.05) is 0 Å². The van der Waals surface area contributed by atoms with E-state index >= 15 is 0 Å². The second kappa shape index (κ2) is 6.72. The van der Waals surface area contributed by atoms with Crippen LogP contribution in [0.3, 0.4) is 0 Å². The molecule has 3 aliphatic rings. The van der Waals surface area contributed by atoms with Crippen molar-refractivity contribution in [2.45, 2.75) is 58.5 Å². The van der Waals surface area contributed by atoms with Crippen LogP contribution >= 0.6 is 0 Å². The van der Waals surface area contributed by atoms with E-state index in [0.717, 1.165) is 23.8 Å². The second-order valence-corrected chi connectivity index (χ2v) is 7.95. The standard InChI is InChI=1S/C20H32N2O/c1-14(2)8-9-22-17-10-18(22)13-21(12-17)16-6-7-19(15(3)4)20(11-16)23-5/h6-7,11,14-15,17-18H,8-10,12-13H2,1-5H3. The molecule has 2 atom stereocenters. The van der Waals surface area contributed by atoms with Crippen molar-refractivity contribution in [1.82, 2.24) is 4.90 Å². The maximum atomic E-state index is 5.63. The first-order valence-electron chi connectivity index (χ1n) is 9.18. The Balaban J connectivity index is 1.66. The number of fused-ring (bicyclic) bond motifs is 2. The van der Waals surface area contributed by atoms with Crippen molar-refractivity contribution in [3.8, 4) is 5.75 Å². The topological polar surface area (TPSA) is 15.7 Å². The second-order valence-electron chi connectivity index (χ2n) is 7.95. The van der Waals surface area contributed by atoms with Crippen LogP contribution in [0.4, 0.5) is 5.69 Å². The highest BCUT2D eigenvalue weighted by Crippen LogP contribution is 2.37. The lowest BCUT2D eigenvalue weighted by atomic mass is 9.86. The Morgan fingerprint density at radius 3 is 2.39 bits per heavy atom. The molecule has 0 spiro atoms. The quantitative estimate of drug-likeness (QED) is 0.785. The van der Waals surface area contributed by atoms with Gasteiger partial charge < -0.3 is 9.64 Å². The normalized spacial score (nSPS) is 24.2. The number of methoxy groups -OCH3 is 1. The summed E-state index contributed by atoms with van der Waals surface area (Å²) in [4.78, 5) is 5.29. The van der Waals surface area contributed by atoms with Gasteiger partial charge >= 0.3 is 0 Å². The van der Waals surface area contributed by atoms with E-state index in [2.05, 4.69) is 55.7 Å². The SMILES string of the molecule is COc1cc(N2CC3CC(C2)N3CCC(C)C)ccc1C(C)C. The van der Waals surface area contributed by atoms with Gasteiger partial charge in [-0.05, 0) is 42.9 Å². The van der Waals surface area contributed by atoms with Crippen molar-refractivity contribution in [2.75, 3.05) is 31.6 Å². The summed E-state index contributed by atoms with van der Waals surface area (Å²) in [6, 6.07) is 8.27. The van der Waals surface area contributed by atoms with E-state index in [1.54, 1.807) is 7.11 Å². The number of rotatable bonds is 6. The summed E-state index contributed by atoms with van der Waals surface area (Å²) in [6.07, 6.45) is 2.71. The molecule has 3 fully saturated rings. The number of piperidine rings is 1. The molecule has 3 saturated heterocycles. The van der Waals surface area contributed by atoms with Crippen LogP contribution in [0.2, 0.25) is 0 Å². The van der Waals surface area contributed by atoms with Crippen LogP contribution < -0.4 is 9.64 Å². The molecule has 23 heavy (non-hydrogen) atoms. The van der Waals surface area contributed by atoms with Gasteiger partial charge in [0, 0.05) is 36.9 Å². The predicted molar refractivity (Wildman–Crippen MR) is 97.7 cm³/mol. The molecule has 0 aliphatic carbocycles. The Hall–Kier alpha value is -1.22. The first-order valence-corrected chi connectivity index (χ1v) is 9.18. The molecule has 1 aromatic rings. The summed E-state index contributed by atoms with van der Waals surface area (Å²) in [7, 11) is 1.78. The zero-order valence-corrected chi connectivity index (χ0v) is 15.4. The third kappa shape index (κ3) is 3.35. The number of benzene rings is 1. The van der Waals surface area contributed by atoms with Gasteiger partial charge in [0.25, 0.3) is 0 Å². The van der Waals surface area contributed by atoms with Gasteiger partial charge in [-0.15, -0.1) is 0 Å². The van der Waals surface area contributed by atoms with Gasteiger partial charge in [-0.2, -0.15) is 0 Å². The number of hydrogen-bond donors (Lipinski definition) is 0. The van der Waals surface area contributed by atoms with Gasteiger partial charge in [-0.25, -0.2) is 0 Å². The van der Waals surface area contributed by atoms with E-state index in [4.69, 9.17) is 4.74 Å². The van der Waals surface area contributed by atoms with Gasteiger partial charge in [-0.3, -0.25) is 4.90 Å². The molecule has 3 heteroatoms. The summed E-state index contributed by atoms with van der Waals surface area (Å²) < 4.78 is 5.63. The van der Waals surface area contributed by atoms with Crippen LogP contribution in [0.25, 0.3) is 0 Å². The van der Waals surface area contributed by atoms with Gasteiger partial charge in [0.15, 0.2) is 0 Å². The fourth-order valence-electron chi connectivity index (χ4n) is 4.04. The summed E-state index contributed by atoms with van der Waals surface area (Å²) in [5.41, 5.74) is 2.63. The highest BCUT2D eigenvalue weighted by atomic mass is 16.5. The molecule has 4 rings (SSSR count).